The van der Waals surface area contributed by atoms with Crippen molar-refractivity contribution in [2.24, 2.45) is 16.6 Å². The monoisotopic (exact) mass is 478 g/mol. The fourth-order valence-electron chi connectivity index (χ4n) is 3.80. The molecule has 3 N–H and O–H groups in total. The molecule has 2 aliphatic heterocycles. The zero-order valence-electron chi connectivity index (χ0n) is 15.4. The van der Waals surface area contributed by atoms with E-state index < -0.39 is 0 Å². The molecule has 0 spiro atoms. The van der Waals surface area contributed by atoms with Crippen LogP contribution in [0.15, 0.2) is 59.6 Å². The molecular formula is C21H27IN4O. The summed E-state index contributed by atoms with van der Waals surface area (Å²) in [5, 5.41) is 3.38. The first-order valence-electron chi connectivity index (χ1n) is 9.38. The van der Waals surface area contributed by atoms with E-state index in [1.807, 2.05) is 18.2 Å². The van der Waals surface area contributed by atoms with Crippen molar-refractivity contribution in [3.63, 3.8) is 0 Å². The van der Waals surface area contributed by atoms with Crippen molar-refractivity contribution in [3.8, 4) is 5.75 Å². The number of nitrogens with zero attached hydrogens (tertiary/aromatic N) is 2. The molecule has 0 saturated carbocycles. The summed E-state index contributed by atoms with van der Waals surface area (Å²) in [7, 11) is 0. The van der Waals surface area contributed by atoms with Crippen molar-refractivity contribution >= 4 is 35.6 Å². The zero-order chi connectivity index (χ0) is 17.8. The summed E-state index contributed by atoms with van der Waals surface area (Å²) in [6.07, 6.45) is 2.06. The lowest BCUT2D eigenvalue weighted by molar-refractivity contribution is 0.262. The van der Waals surface area contributed by atoms with Crippen molar-refractivity contribution in [2.75, 3.05) is 31.1 Å². The molecule has 6 heteroatoms. The fraction of sp³-hybridized carbons (Fsp3) is 0.381. The van der Waals surface area contributed by atoms with Crippen LogP contribution < -0.4 is 20.7 Å². The Balaban J connectivity index is 0.00000210. The second-order valence-electron chi connectivity index (χ2n) is 7.03. The molecule has 2 aromatic rings. The van der Waals surface area contributed by atoms with Crippen LogP contribution in [0.3, 0.4) is 0 Å². The quantitative estimate of drug-likeness (QED) is 0.401. The van der Waals surface area contributed by atoms with Crippen LogP contribution in [0.25, 0.3) is 0 Å². The number of anilines is 1. The lowest BCUT2D eigenvalue weighted by atomic mass is 10.0. The highest BCUT2D eigenvalue weighted by atomic mass is 127. The van der Waals surface area contributed by atoms with Gasteiger partial charge >= 0.3 is 0 Å². The molecule has 2 atom stereocenters. The number of guanidine groups is 1. The highest BCUT2D eigenvalue weighted by Gasteiger charge is 2.23. The van der Waals surface area contributed by atoms with Gasteiger partial charge in [-0.05, 0) is 30.5 Å². The fourth-order valence-corrected chi connectivity index (χ4v) is 3.80. The van der Waals surface area contributed by atoms with Gasteiger partial charge in [0.1, 0.15) is 5.75 Å². The predicted octanol–water partition coefficient (Wildman–Crippen LogP) is 3.56. The van der Waals surface area contributed by atoms with E-state index in [9.17, 15) is 0 Å². The number of fused-ring (bicyclic) bond motifs is 1. The van der Waals surface area contributed by atoms with E-state index in [1.54, 1.807) is 0 Å². The van der Waals surface area contributed by atoms with Gasteiger partial charge in [0, 0.05) is 37.3 Å². The smallest absolute Gasteiger partial charge is 0.189 e. The Morgan fingerprint density at radius 3 is 2.74 bits per heavy atom. The molecule has 27 heavy (non-hydrogen) atoms. The first-order chi connectivity index (χ1) is 12.8. The van der Waals surface area contributed by atoms with Crippen molar-refractivity contribution < 1.29 is 4.74 Å². The minimum absolute atomic E-state index is 0. The molecule has 1 saturated heterocycles. The SMILES string of the molecule is I.NC(=NCC1CCN(c2ccccc2)C1)NC1CCOc2ccccc21. The highest BCUT2D eigenvalue weighted by Crippen LogP contribution is 2.31. The topological polar surface area (TPSA) is 62.9 Å². The van der Waals surface area contributed by atoms with E-state index in [2.05, 4.69) is 51.6 Å². The van der Waals surface area contributed by atoms with E-state index in [-0.39, 0.29) is 30.0 Å². The molecule has 2 heterocycles. The standard InChI is InChI=1S/C21H26N4O.HI/c22-21(24-19-11-13-26-20-9-5-4-8-18(19)20)23-14-16-10-12-25(15-16)17-6-2-1-3-7-17;/h1-9,16,19H,10-15H2,(H3,22,23,24);1H. The van der Waals surface area contributed by atoms with Crippen LogP contribution in [0, 0.1) is 5.92 Å². The van der Waals surface area contributed by atoms with Gasteiger partial charge in [0.25, 0.3) is 0 Å². The van der Waals surface area contributed by atoms with Crippen molar-refractivity contribution in [1.82, 2.24) is 5.32 Å². The maximum absolute atomic E-state index is 6.17. The normalized spacial score (nSPS) is 21.8. The number of nitrogens with two attached hydrogens (primary N) is 1. The Labute approximate surface area is 178 Å². The highest BCUT2D eigenvalue weighted by molar-refractivity contribution is 14.0. The number of halogens is 1. The second-order valence-corrected chi connectivity index (χ2v) is 7.03. The van der Waals surface area contributed by atoms with E-state index in [0.29, 0.717) is 18.5 Å². The number of hydrogen-bond acceptors (Lipinski definition) is 3. The van der Waals surface area contributed by atoms with Crippen LogP contribution in [-0.4, -0.2) is 32.2 Å². The van der Waals surface area contributed by atoms with Crippen LogP contribution in [0.5, 0.6) is 5.75 Å². The molecule has 0 radical (unpaired) electrons. The number of ether oxygens (including phenoxy) is 1. The lowest BCUT2D eigenvalue weighted by Gasteiger charge is -2.27. The maximum atomic E-state index is 6.17. The molecule has 144 valence electrons. The predicted molar refractivity (Wildman–Crippen MR) is 121 cm³/mol. The number of rotatable bonds is 4. The van der Waals surface area contributed by atoms with E-state index in [4.69, 9.17) is 10.5 Å². The molecular weight excluding hydrogens is 451 g/mol. The third-order valence-electron chi connectivity index (χ3n) is 5.21. The molecule has 2 aromatic carbocycles. The van der Waals surface area contributed by atoms with Gasteiger partial charge in [0.05, 0.1) is 12.6 Å². The maximum Gasteiger partial charge on any atom is 0.189 e. The molecule has 0 aromatic heterocycles. The van der Waals surface area contributed by atoms with Crippen LogP contribution in [-0.2, 0) is 0 Å². The van der Waals surface area contributed by atoms with Crippen molar-refractivity contribution in [1.29, 1.82) is 0 Å². The summed E-state index contributed by atoms with van der Waals surface area (Å²) < 4.78 is 5.70. The van der Waals surface area contributed by atoms with E-state index >= 15 is 0 Å². The average Bonchev–Trinajstić information content (AvgIpc) is 3.17. The van der Waals surface area contributed by atoms with Crippen LogP contribution in [0.2, 0.25) is 0 Å². The van der Waals surface area contributed by atoms with E-state index in [0.717, 1.165) is 43.8 Å². The first kappa shape index (κ1) is 19.8. The first-order valence-corrected chi connectivity index (χ1v) is 9.38. The van der Waals surface area contributed by atoms with Gasteiger partial charge in [0.15, 0.2) is 5.96 Å². The van der Waals surface area contributed by atoms with Crippen molar-refractivity contribution in [3.05, 3.63) is 60.2 Å². The summed E-state index contributed by atoms with van der Waals surface area (Å²) in [4.78, 5) is 7.05. The summed E-state index contributed by atoms with van der Waals surface area (Å²) >= 11 is 0. The van der Waals surface area contributed by atoms with Crippen molar-refractivity contribution in [2.45, 2.75) is 18.9 Å². The molecule has 0 bridgehead atoms. The third-order valence-corrected chi connectivity index (χ3v) is 5.21. The van der Waals surface area contributed by atoms with Gasteiger partial charge in [-0.1, -0.05) is 36.4 Å². The number of nitrogens with one attached hydrogen (secondary N) is 1. The molecule has 0 aliphatic carbocycles. The average molecular weight is 478 g/mol. The number of aliphatic imine (C=N–C) groups is 1. The Hall–Kier alpha value is -1.96. The van der Waals surface area contributed by atoms with E-state index in [1.165, 1.54) is 5.69 Å². The summed E-state index contributed by atoms with van der Waals surface area (Å²) in [5.74, 6) is 2.03. The molecule has 5 nitrogen and oxygen atoms in total. The number of hydrogen-bond donors (Lipinski definition) is 2. The zero-order valence-corrected chi connectivity index (χ0v) is 17.7. The Morgan fingerprint density at radius 1 is 1.11 bits per heavy atom. The molecule has 0 amide bonds. The van der Waals surface area contributed by atoms with Gasteiger partial charge in [-0.25, -0.2) is 0 Å². The Bertz CT molecular complexity index is 768. The Morgan fingerprint density at radius 2 is 1.89 bits per heavy atom. The molecule has 2 aliphatic rings. The minimum Gasteiger partial charge on any atom is -0.493 e. The van der Waals surface area contributed by atoms with Crippen LogP contribution in [0.4, 0.5) is 5.69 Å². The summed E-state index contributed by atoms with van der Waals surface area (Å²) in [6.45, 7) is 3.61. The molecule has 4 rings (SSSR count). The number of benzene rings is 2. The summed E-state index contributed by atoms with van der Waals surface area (Å²) in [6, 6.07) is 18.9. The molecule has 2 unspecified atom stereocenters. The Kier molecular flexibility index (Phi) is 6.82. The van der Waals surface area contributed by atoms with Crippen LogP contribution in [0.1, 0.15) is 24.4 Å². The van der Waals surface area contributed by atoms with Crippen LogP contribution >= 0.6 is 24.0 Å². The molecule has 1 fully saturated rings. The number of para-hydroxylation sites is 2. The van der Waals surface area contributed by atoms with Gasteiger partial charge in [-0.15, -0.1) is 24.0 Å². The second kappa shape index (κ2) is 9.30. The summed E-state index contributed by atoms with van der Waals surface area (Å²) in [5.41, 5.74) is 8.63. The van der Waals surface area contributed by atoms with Gasteiger partial charge in [-0.3, -0.25) is 4.99 Å². The largest absolute Gasteiger partial charge is 0.493 e. The third kappa shape index (κ3) is 4.86. The van der Waals surface area contributed by atoms with Gasteiger partial charge in [0.2, 0.25) is 0 Å². The van der Waals surface area contributed by atoms with Gasteiger partial charge < -0.3 is 20.7 Å². The van der Waals surface area contributed by atoms with Gasteiger partial charge in [-0.2, -0.15) is 0 Å². The minimum atomic E-state index is 0. The lowest BCUT2D eigenvalue weighted by Crippen LogP contribution is -2.37.